The van der Waals surface area contributed by atoms with E-state index in [1.807, 2.05) is 40.1 Å². The highest BCUT2D eigenvalue weighted by Gasteiger charge is 2.54. The van der Waals surface area contributed by atoms with Gasteiger partial charge in [-0.05, 0) is 70.1 Å². The summed E-state index contributed by atoms with van der Waals surface area (Å²) < 4.78 is 32.2. The van der Waals surface area contributed by atoms with E-state index in [9.17, 15) is 13.2 Å². The molecule has 0 bridgehead atoms. The molecule has 2 aliphatic rings. The summed E-state index contributed by atoms with van der Waals surface area (Å²) in [5, 5.41) is 0. The molecule has 0 aromatic heterocycles. The molecule has 1 aliphatic carbocycles. The van der Waals surface area contributed by atoms with E-state index in [0.29, 0.717) is 13.1 Å². The second-order valence-corrected chi connectivity index (χ2v) is 12.2. The van der Waals surface area contributed by atoms with Crippen molar-refractivity contribution in [1.82, 2.24) is 19.4 Å². The average molecular weight is 515 g/mol. The second kappa shape index (κ2) is 10.4. The van der Waals surface area contributed by atoms with Gasteiger partial charge in [0.1, 0.15) is 5.75 Å². The predicted molar refractivity (Wildman–Crippen MR) is 141 cm³/mol. The molecule has 4 rings (SSSR count). The van der Waals surface area contributed by atoms with Crippen LogP contribution >= 0.6 is 0 Å². The summed E-state index contributed by atoms with van der Waals surface area (Å²) in [6.45, 7) is 1.26. The summed E-state index contributed by atoms with van der Waals surface area (Å²) in [6.07, 6.45) is 3.40. The normalized spacial score (nSPS) is 24.6. The first kappa shape index (κ1) is 26.4. The van der Waals surface area contributed by atoms with Crippen LogP contribution in [-0.2, 0) is 22.1 Å². The Morgan fingerprint density at radius 2 is 1.64 bits per heavy atom. The molecule has 196 valence electrons. The summed E-state index contributed by atoms with van der Waals surface area (Å²) in [4.78, 5) is 19.7. The van der Waals surface area contributed by atoms with Gasteiger partial charge in [0, 0.05) is 25.2 Å². The van der Waals surface area contributed by atoms with Gasteiger partial charge in [0.05, 0.1) is 18.4 Å². The van der Waals surface area contributed by atoms with Gasteiger partial charge in [-0.1, -0.05) is 42.5 Å². The van der Waals surface area contributed by atoms with E-state index >= 15 is 0 Å². The minimum atomic E-state index is -3.43. The van der Waals surface area contributed by atoms with Gasteiger partial charge in [-0.3, -0.25) is 4.90 Å². The first-order valence-electron chi connectivity index (χ1n) is 12.5. The maximum Gasteiger partial charge on any atom is 0.320 e. The molecule has 1 aliphatic heterocycles. The van der Waals surface area contributed by atoms with E-state index in [-0.39, 0.29) is 29.4 Å². The minimum Gasteiger partial charge on any atom is -0.497 e. The van der Waals surface area contributed by atoms with E-state index in [2.05, 4.69) is 48.0 Å². The lowest BCUT2D eigenvalue weighted by molar-refractivity contribution is 0.0263. The van der Waals surface area contributed by atoms with Crippen LogP contribution in [0.1, 0.15) is 36.8 Å². The smallest absolute Gasteiger partial charge is 0.320 e. The van der Waals surface area contributed by atoms with Gasteiger partial charge >= 0.3 is 6.03 Å². The lowest BCUT2D eigenvalue weighted by Crippen LogP contribution is -2.56. The largest absolute Gasteiger partial charge is 0.497 e. The summed E-state index contributed by atoms with van der Waals surface area (Å²) in [7, 11) is 3.86. The van der Waals surface area contributed by atoms with Gasteiger partial charge in [-0.15, -0.1) is 0 Å². The summed E-state index contributed by atoms with van der Waals surface area (Å²) in [5.74, 6) is 0.667. The number of amides is 2. The highest BCUT2D eigenvalue weighted by atomic mass is 32.2. The summed E-state index contributed by atoms with van der Waals surface area (Å²) in [6, 6.07) is 18.2. The van der Waals surface area contributed by atoms with Crippen molar-refractivity contribution in [1.29, 1.82) is 0 Å². The Kier molecular flexibility index (Phi) is 7.64. The topological polar surface area (TPSA) is 82.2 Å². The van der Waals surface area contributed by atoms with E-state index in [1.54, 1.807) is 7.11 Å². The molecule has 1 N–H and O–H groups in total. The zero-order valence-corrected chi connectivity index (χ0v) is 22.6. The van der Waals surface area contributed by atoms with Gasteiger partial charge in [0.25, 0.3) is 0 Å². The van der Waals surface area contributed by atoms with Crippen LogP contribution in [0.5, 0.6) is 5.75 Å². The zero-order valence-electron chi connectivity index (χ0n) is 21.7. The maximum atomic E-state index is 13.7. The Morgan fingerprint density at radius 3 is 2.19 bits per heavy atom. The third-order valence-corrected chi connectivity index (χ3v) is 9.50. The van der Waals surface area contributed by atoms with E-state index in [0.717, 1.165) is 37.0 Å². The fourth-order valence-electron chi connectivity index (χ4n) is 5.90. The molecule has 36 heavy (non-hydrogen) atoms. The van der Waals surface area contributed by atoms with Crippen molar-refractivity contribution in [2.24, 2.45) is 0 Å². The Balaban J connectivity index is 1.60. The number of hydrogen-bond acceptors (Lipinski definition) is 5. The monoisotopic (exact) mass is 514 g/mol. The van der Waals surface area contributed by atoms with Crippen LogP contribution < -0.4 is 9.46 Å². The number of carbonyl (C=O) groups excluding carboxylic acids is 1. The first-order valence-corrected chi connectivity index (χ1v) is 14.1. The number of benzene rings is 2. The number of nitrogens with one attached hydrogen (secondary N) is 1. The summed E-state index contributed by atoms with van der Waals surface area (Å²) >= 11 is 0. The van der Waals surface area contributed by atoms with Crippen LogP contribution in [0.3, 0.4) is 0 Å². The van der Waals surface area contributed by atoms with Crippen molar-refractivity contribution < 1.29 is 17.9 Å². The van der Waals surface area contributed by atoms with Crippen LogP contribution in [0.4, 0.5) is 4.79 Å². The number of urea groups is 1. The van der Waals surface area contributed by atoms with Gasteiger partial charge in [-0.2, -0.15) is 0 Å². The van der Waals surface area contributed by atoms with Crippen LogP contribution in [-0.4, -0.2) is 81.8 Å². The van der Waals surface area contributed by atoms with Crippen LogP contribution in [0.15, 0.2) is 54.6 Å². The number of hydrogen-bond donors (Lipinski definition) is 1. The zero-order chi connectivity index (χ0) is 26.0. The molecule has 2 amide bonds. The molecule has 8 nitrogen and oxygen atoms in total. The Bertz CT molecular complexity index is 1140. The average Bonchev–Trinajstić information content (AvgIpc) is 3.14. The fourth-order valence-corrected chi connectivity index (χ4v) is 6.53. The molecule has 0 atom stereocenters. The molecular weight excluding hydrogens is 476 g/mol. The first-order chi connectivity index (χ1) is 17.1. The third kappa shape index (κ3) is 5.10. The van der Waals surface area contributed by atoms with Crippen molar-refractivity contribution in [3.63, 3.8) is 0 Å². The molecule has 0 radical (unpaired) electrons. The van der Waals surface area contributed by atoms with E-state index in [1.165, 1.54) is 12.6 Å². The van der Waals surface area contributed by atoms with Crippen LogP contribution in [0.2, 0.25) is 0 Å². The molecule has 2 aromatic rings. The molecule has 9 heteroatoms. The highest BCUT2D eigenvalue weighted by Crippen LogP contribution is 2.49. The molecule has 2 fully saturated rings. The molecule has 2 aromatic carbocycles. The molecule has 0 unspecified atom stereocenters. The highest BCUT2D eigenvalue weighted by molar-refractivity contribution is 7.89. The SMILES string of the molecule is CNS(=O)(=O)CCN1C(=O)N(Cc2ccc(OC)cc2)CC12CCC(c1ccccc1)(N(C)C)CC2. The lowest BCUT2D eigenvalue weighted by atomic mass is 9.68. The molecule has 1 spiro atoms. The van der Waals surface area contributed by atoms with E-state index in [4.69, 9.17) is 4.74 Å². The standard InChI is InChI=1S/C27H38N4O4S/c1-28-36(33,34)19-18-31-25(32)30(20-22-10-12-24(35-4)13-11-22)21-26(31)14-16-27(17-15-26,29(2)3)23-8-6-5-7-9-23/h5-13,28H,14-21H2,1-4H3. The quantitative estimate of drug-likeness (QED) is 0.556. The molecule has 1 saturated carbocycles. The van der Waals surface area contributed by atoms with E-state index < -0.39 is 10.0 Å². The number of carbonyl (C=O) groups is 1. The molecule has 1 saturated heterocycles. The second-order valence-electron chi connectivity index (χ2n) is 10.2. The molecular formula is C27H38N4O4S. The Labute approximate surface area is 215 Å². The van der Waals surface area contributed by atoms with Gasteiger partial charge in [0.2, 0.25) is 10.0 Å². The van der Waals surface area contributed by atoms with Crippen molar-refractivity contribution in [2.75, 3.05) is 47.1 Å². The van der Waals surface area contributed by atoms with Crippen molar-refractivity contribution in [2.45, 2.75) is 43.3 Å². The van der Waals surface area contributed by atoms with Crippen LogP contribution in [0, 0.1) is 0 Å². The predicted octanol–water partition coefficient (Wildman–Crippen LogP) is 3.25. The number of methoxy groups -OCH3 is 1. The minimum absolute atomic E-state index is 0.0887. The van der Waals surface area contributed by atoms with Gasteiger partial charge in [-0.25, -0.2) is 17.9 Å². The van der Waals surface area contributed by atoms with Crippen molar-refractivity contribution in [3.05, 3.63) is 65.7 Å². The van der Waals surface area contributed by atoms with Crippen LogP contribution in [0.25, 0.3) is 0 Å². The Morgan fingerprint density at radius 1 is 1.00 bits per heavy atom. The van der Waals surface area contributed by atoms with Crippen molar-refractivity contribution in [3.8, 4) is 5.75 Å². The number of rotatable bonds is 9. The maximum absolute atomic E-state index is 13.7. The van der Waals surface area contributed by atoms with Gasteiger partial charge < -0.3 is 14.5 Å². The molecule has 1 heterocycles. The number of ether oxygens (including phenoxy) is 1. The third-order valence-electron chi connectivity index (χ3n) is 8.16. The fraction of sp³-hybridized carbons (Fsp3) is 0.519. The Hall–Kier alpha value is -2.62. The van der Waals surface area contributed by atoms with Crippen molar-refractivity contribution >= 4 is 16.1 Å². The number of nitrogens with zero attached hydrogens (tertiary/aromatic N) is 3. The summed E-state index contributed by atoms with van der Waals surface area (Å²) in [5.41, 5.74) is 1.81. The lowest BCUT2D eigenvalue weighted by Gasteiger charge is -2.51. The number of sulfonamides is 1. The van der Waals surface area contributed by atoms with Gasteiger partial charge in [0.15, 0.2) is 0 Å².